The molecule has 0 heterocycles. The smallest absolute Gasteiger partial charge is 0.322 e. The van der Waals surface area contributed by atoms with Crippen molar-refractivity contribution >= 4 is 17.6 Å². The number of urea groups is 1. The Balaban J connectivity index is 1.77. The van der Waals surface area contributed by atoms with Gasteiger partial charge in [-0.05, 0) is 30.5 Å². The van der Waals surface area contributed by atoms with Crippen molar-refractivity contribution in [3.05, 3.63) is 59.7 Å². The maximum atomic E-state index is 12.9. The SMILES string of the molecule is COc1ccccc1CN(C(=O)Nc1ccccc1CC(N)=O)C1CC1. The number of anilines is 1. The minimum atomic E-state index is -0.431. The fourth-order valence-corrected chi connectivity index (χ4v) is 2.94. The van der Waals surface area contributed by atoms with Gasteiger partial charge >= 0.3 is 6.03 Å². The summed E-state index contributed by atoms with van der Waals surface area (Å²) in [6, 6.07) is 14.9. The number of nitrogens with two attached hydrogens (primary N) is 1. The molecule has 3 N–H and O–H groups in total. The van der Waals surface area contributed by atoms with Crippen LogP contribution in [0.25, 0.3) is 0 Å². The number of carbonyl (C=O) groups excluding carboxylic acids is 2. The number of nitrogens with zero attached hydrogens (tertiary/aromatic N) is 1. The first kappa shape index (κ1) is 17.8. The molecule has 0 saturated heterocycles. The van der Waals surface area contributed by atoms with Crippen LogP contribution < -0.4 is 15.8 Å². The number of primary amides is 1. The number of methoxy groups -OCH3 is 1. The number of rotatable bonds is 7. The van der Waals surface area contributed by atoms with E-state index in [4.69, 9.17) is 10.5 Å². The second kappa shape index (κ2) is 7.91. The first-order chi connectivity index (χ1) is 12.6. The Bertz CT molecular complexity index is 802. The van der Waals surface area contributed by atoms with E-state index >= 15 is 0 Å². The summed E-state index contributed by atoms with van der Waals surface area (Å²) in [5.74, 6) is 0.333. The second-order valence-electron chi connectivity index (χ2n) is 6.40. The van der Waals surface area contributed by atoms with Crippen LogP contribution in [0.4, 0.5) is 10.5 Å². The van der Waals surface area contributed by atoms with Crippen LogP contribution in [0, 0.1) is 0 Å². The largest absolute Gasteiger partial charge is 0.496 e. The number of amides is 3. The van der Waals surface area contributed by atoms with Crippen molar-refractivity contribution in [3.8, 4) is 5.75 Å². The third-order valence-corrected chi connectivity index (χ3v) is 4.41. The van der Waals surface area contributed by atoms with Gasteiger partial charge in [0, 0.05) is 17.3 Å². The predicted molar refractivity (Wildman–Crippen MR) is 99.9 cm³/mol. The van der Waals surface area contributed by atoms with E-state index in [1.54, 1.807) is 19.2 Å². The van der Waals surface area contributed by atoms with E-state index < -0.39 is 5.91 Å². The molecule has 0 atom stereocenters. The molecule has 1 aliphatic carbocycles. The summed E-state index contributed by atoms with van der Waals surface area (Å²) in [5, 5.41) is 2.93. The number of nitrogens with one attached hydrogen (secondary N) is 1. The molecule has 136 valence electrons. The van der Waals surface area contributed by atoms with Crippen LogP contribution in [0.3, 0.4) is 0 Å². The molecule has 1 saturated carbocycles. The van der Waals surface area contributed by atoms with E-state index in [1.807, 2.05) is 41.3 Å². The molecule has 0 bridgehead atoms. The maximum Gasteiger partial charge on any atom is 0.322 e. The Morgan fingerprint density at radius 2 is 1.77 bits per heavy atom. The quantitative estimate of drug-likeness (QED) is 0.803. The molecule has 0 aromatic heterocycles. The summed E-state index contributed by atoms with van der Waals surface area (Å²) >= 11 is 0. The molecule has 0 aliphatic heterocycles. The van der Waals surface area contributed by atoms with Crippen LogP contribution in [-0.4, -0.2) is 30.0 Å². The van der Waals surface area contributed by atoms with Crippen LogP contribution in [0.1, 0.15) is 24.0 Å². The Hall–Kier alpha value is -3.02. The highest BCUT2D eigenvalue weighted by molar-refractivity contribution is 5.91. The molecule has 0 unspecified atom stereocenters. The number of para-hydroxylation sites is 2. The lowest BCUT2D eigenvalue weighted by molar-refractivity contribution is -0.117. The minimum absolute atomic E-state index is 0.0897. The zero-order valence-electron chi connectivity index (χ0n) is 14.8. The van der Waals surface area contributed by atoms with Crippen LogP contribution in [0.2, 0.25) is 0 Å². The van der Waals surface area contributed by atoms with Gasteiger partial charge in [0.15, 0.2) is 0 Å². The standard InChI is InChI=1S/C20H23N3O3/c1-26-18-9-5-3-7-15(18)13-23(16-10-11-16)20(25)22-17-8-4-2-6-14(17)12-19(21)24/h2-9,16H,10-13H2,1H3,(H2,21,24)(H,22,25). The van der Waals surface area contributed by atoms with Crippen molar-refractivity contribution in [2.24, 2.45) is 5.73 Å². The Kier molecular flexibility index (Phi) is 5.41. The van der Waals surface area contributed by atoms with Gasteiger partial charge in [0.1, 0.15) is 5.75 Å². The number of benzene rings is 2. The van der Waals surface area contributed by atoms with Gasteiger partial charge < -0.3 is 20.7 Å². The average Bonchev–Trinajstić information content (AvgIpc) is 3.46. The van der Waals surface area contributed by atoms with Crippen LogP contribution >= 0.6 is 0 Å². The fraction of sp³-hybridized carbons (Fsp3) is 0.300. The molecular weight excluding hydrogens is 330 g/mol. The van der Waals surface area contributed by atoms with E-state index in [1.165, 1.54) is 0 Å². The molecule has 26 heavy (non-hydrogen) atoms. The lowest BCUT2D eigenvalue weighted by atomic mass is 10.1. The van der Waals surface area contributed by atoms with Gasteiger partial charge in [-0.3, -0.25) is 4.79 Å². The maximum absolute atomic E-state index is 12.9. The topological polar surface area (TPSA) is 84.7 Å². The summed E-state index contributed by atoms with van der Waals surface area (Å²) in [7, 11) is 1.63. The normalized spacial score (nSPS) is 13.1. The molecule has 3 amide bonds. The predicted octanol–water partition coefficient (Wildman–Crippen LogP) is 2.92. The molecule has 2 aromatic rings. The zero-order valence-corrected chi connectivity index (χ0v) is 14.8. The number of carbonyl (C=O) groups is 2. The Morgan fingerprint density at radius 1 is 1.12 bits per heavy atom. The van der Waals surface area contributed by atoms with Crippen molar-refractivity contribution in [3.63, 3.8) is 0 Å². The van der Waals surface area contributed by atoms with E-state index in [9.17, 15) is 9.59 Å². The van der Waals surface area contributed by atoms with Crippen molar-refractivity contribution < 1.29 is 14.3 Å². The Morgan fingerprint density at radius 3 is 2.42 bits per heavy atom. The highest BCUT2D eigenvalue weighted by Crippen LogP contribution is 2.31. The van der Waals surface area contributed by atoms with Crippen molar-refractivity contribution in [1.82, 2.24) is 4.90 Å². The fourth-order valence-electron chi connectivity index (χ4n) is 2.94. The van der Waals surface area contributed by atoms with Gasteiger partial charge in [-0.2, -0.15) is 0 Å². The average molecular weight is 353 g/mol. The van der Waals surface area contributed by atoms with E-state index in [0.29, 0.717) is 17.8 Å². The summed E-state index contributed by atoms with van der Waals surface area (Å²) in [6.07, 6.45) is 2.07. The van der Waals surface area contributed by atoms with Crippen molar-refractivity contribution in [1.29, 1.82) is 0 Å². The minimum Gasteiger partial charge on any atom is -0.496 e. The molecule has 1 fully saturated rings. The van der Waals surface area contributed by atoms with Crippen LogP contribution in [-0.2, 0) is 17.8 Å². The highest BCUT2D eigenvalue weighted by Gasteiger charge is 2.33. The van der Waals surface area contributed by atoms with E-state index in [-0.39, 0.29) is 18.5 Å². The monoisotopic (exact) mass is 353 g/mol. The first-order valence-corrected chi connectivity index (χ1v) is 8.64. The molecule has 1 aliphatic rings. The van der Waals surface area contributed by atoms with Crippen molar-refractivity contribution in [2.45, 2.75) is 31.8 Å². The van der Waals surface area contributed by atoms with Crippen LogP contribution in [0.5, 0.6) is 5.75 Å². The second-order valence-corrected chi connectivity index (χ2v) is 6.40. The molecule has 2 aromatic carbocycles. The summed E-state index contributed by atoms with van der Waals surface area (Å²) < 4.78 is 5.40. The van der Waals surface area contributed by atoms with Gasteiger partial charge in [0.05, 0.1) is 20.1 Å². The zero-order chi connectivity index (χ0) is 18.5. The van der Waals surface area contributed by atoms with Gasteiger partial charge in [0.2, 0.25) is 5.91 Å². The molecule has 3 rings (SSSR count). The number of ether oxygens (including phenoxy) is 1. The molecular formula is C20H23N3O3. The van der Waals surface area contributed by atoms with Gasteiger partial charge in [0.25, 0.3) is 0 Å². The lowest BCUT2D eigenvalue weighted by Crippen LogP contribution is -2.36. The molecule has 6 heteroatoms. The number of hydrogen-bond acceptors (Lipinski definition) is 3. The Labute approximate surface area is 152 Å². The molecule has 0 radical (unpaired) electrons. The van der Waals surface area contributed by atoms with E-state index in [0.717, 1.165) is 24.2 Å². The highest BCUT2D eigenvalue weighted by atomic mass is 16.5. The van der Waals surface area contributed by atoms with Gasteiger partial charge in [-0.15, -0.1) is 0 Å². The summed E-state index contributed by atoms with van der Waals surface area (Å²) in [6.45, 7) is 0.471. The molecule has 0 spiro atoms. The third-order valence-electron chi connectivity index (χ3n) is 4.41. The lowest BCUT2D eigenvalue weighted by Gasteiger charge is -2.24. The summed E-state index contributed by atoms with van der Waals surface area (Å²) in [4.78, 5) is 26.0. The van der Waals surface area contributed by atoms with Crippen molar-refractivity contribution in [2.75, 3.05) is 12.4 Å². The van der Waals surface area contributed by atoms with Gasteiger partial charge in [-0.25, -0.2) is 4.79 Å². The van der Waals surface area contributed by atoms with Crippen LogP contribution in [0.15, 0.2) is 48.5 Å². The van der Waals surface area contributed by atoms with E-state index in [2.05, 4.69) is 5.32 Å². The number of hydrogen-bond donors (Lipinski definition) is 2. The summed E-state index contributed by atoms with van der Waals surface area (Å²) in [5.41, 5.74) is 7.58. The first-order valence-electron chi connectivity index (χ1n) is 8.64. The molecule has 6 nitrogen and oxygen atoms in total. The third kappa shape index (κ3) is 4.33. The van der Waals surface area contributed by atoms with Gasteiger partial charge in [-0.1, -0.05) is 36.4 Å².